The van der Waals surface area contributed by atoms with Gasteiger partial charge in [-0.2, -0.15) is 5.10 Å². The van der Waals surface area contributed by atoms with Crippen molar-refractivity contribution in [3.8, 4) is 17.2 Å². The first-order valence-corrected chi connectivity index (χ1v) is 9.11. The van der Waals surface area contributed by atoms with Crippen LogP contribution in [0.2, 0.25) is 0 Å². The topological polar surface area (TPSA) is 98.7 Å². The average Bonchev–Trinajstić information content (AvgIpc) is 3.31. The second-order valence-electron chi connectivity index (χ2n) is 6.59. The molecule has 1 fully saturated rings. The summed E-state index contributed by atoms with van der Waals surface area (Å²) in [4.78, 5) is 26.0. The van der Waals surface area contributed by atoms with Gasteiger partial charge in [0.05, 0.1) is 0 Å². The third-order valence-corrected chi connectivity index (χ3v) is 5.02. The number of nitrogens with zero attached hydrogens (tertiary/aromatic N) is 3. The van der Waals surface area contributed by atoms with E-state index in [2.05, 4.69) is 10.2 Å². The van der Waals surface area contributed by atoms with Crippen molar-refractivity contribution in [2.75, 3.05) is 26.5 Å². The number of ether oxygens (including phenoxy) is 3. The first kappa shape index (κ1) is 17.4. The summed E-state index contributed by atoms with van der Waals surface area (Å²) in [5, 5.41) is 6.67. The van der Waals surface area contributed by atoms with Gasteiger partial charge in [0, 0.05) is 31.6 Å². The van der Waals surface area contributed by atoms with Crippen LogP contribution in [-0.4, -0.2) is 52.1 Å². The van der Waals surface area contributed by atoms with Gasteiger partial charge in [-0.25, -0.2) is 9.89 Å². The van der Waals surface area contributed by atoms with E-state index >= 15 is 0 Å². The number of amides is 1. The number of hydrogen-bond donors (Lipinski definition) is 1. The zero-order valence-electron chi connectivity index (χ0n) is 15.1. The van der Waals surface area contributed by atoms with Crippen molar-refractivity contribution in [2.45, 2.75) is 32.2 Å². The smallest absolute Gasteiger partial charge is 0.343 e. The van der Waals surface area contributed by atoms with Crippen molar-refractivity contribution in [2.24, 2.45) is 0 Å². The lowest BCUT2D eigenvalue weighted by Gasteiger charge is -2.31. The molecule has 3 heterocycles. The fourth-order valence-electron chi connectivity index (χ4n) is 3.54. The van der Waals surface area contributed by atoms with Gasteiger partial charge in [0.15, 0.2) is 18.1 Å². The Kier molecular flexibility index (Phi) is 4.74. The highest BCUT2D eigenvalue weighted by Crippen LogP contribution is 2.35. The zero-order chi connectivity index (χ0) is 18.8. The molecule has 0 atom stereocenters. The molecule has 0 spiro atoms. The van der Waals surface area contributed by atoms with E-state index in [1.54, 1.807) is 27.7 Å². The molecule has 1 saturated heterocycles. The number of aromatic nitrogens is 3. The molecule has 4 rings (SSSR count). The summed E-state index contributed by atoms with van der Waals surface area (Å²) in [6.07, 6.45) is 1.56. The fourth-order valence-corrected chi connectivity index (χ4v) is 3.54. The maximum absolute atomic E-state index is 12.4. The fraction of sp³-hybridized carbons (Fsp3) is 0.500. The number of carbonyl (C=O) groups excluding carboxylic acids is 1. The minimum atomic E-state index is -0.178. The van der Waals surface area contributed by atoms with Gasteiger partial charge in [0.2, 0.25) is 6.79 Å². The highest BCUT2D eigenvalue weighted by molar-refractivity contribution is 5.78. The third-order valence-electron chi connectivity index (χ3n) is 5.02. The molecule has 9 heteroatoms. The van der Waals surface area contributed by atoms with Gasteiger partial charge in [0.25, 0.3) is 5.91 Å². The van der Waals surface area contributed by atoms with E-state index in [1.807, 2.05) is 6.92 Å². The molecule has 0 unspecified atom stereocenters. The van der Waals surface area contributed by atoms with Gasteiger partial charge in [-0.05, 0) is 31.9 Å². The van der Waals surface area contributed by atoms with Crippen molar-refractivity contribution in [1.29, 1.82) is 0 Å². The quantitative estimate of drug-likeness (QED) is 0.842. The largest absolute Gasteiger partial charge is 0.484 e. The molecule has 9 nitrogen and oxygen atoms in total. The van der Waals surface area contributed by atoms with E-state index in [-0.39, 0.29) is 30.9 Å². The molecular formula is C18H22N4O5. The van der Waals surface area contributed by atoms with Gasteiger partial charge in [-0.15, -0.1) is 0 Å². The number of benzene rings is 1. The van der Waals surface area contributed by atoms with Crippen molar-refractivity contribution in [1.82, 2.24) is 19.7 Å². The van der Waals surface area contributed by atoms with Crippen molar-refractivity contribution >= 4 is 5.91 Å². The monoisotopic (exact) mass is 374 g/mol. The molecule has 1 N–H and O–H groups in total. The number of rotatable bonds is 5. The molecule has 1 aromatic carbocycles. The van der Waals surface area contributed by atoms with Crippen molar-refractivity contribution in [3.05, 3.63) is 34.5 Å². The van der Waals surface area contributed by atoms with Crippen LogP contribution in [0.15, 0.2) is 23.0 Å². The van der Waals surface area contributed by atoms with Gasteiger partial charge in [-0.3, -0.25) is 9.36 Å². The molecule has 0 radical (unpaired) electrons. The zero-order valence-corrected chi connectivity index (χ0v) is 15.1. The van der Waals surface area contributed by atoms with E-state index in [9.17, 15) is 9.59 Å². The van der Waals surface area contributed by atoms with E-state index in [4.69, 9.17) is 14.2 Å². The highest BCUT2D eigenvalue weighted by Gasteiger charge is 2.27. The van der Waals surface area contributed by atoms with E-state index in [0.29, 0.717) is 36.9 Å². The number of hydrogen-bond acceptors (Lipinski definition) is 6. The predicted molar refractivity (Wildman–Crippen MR) is 95.1 cm³/mol. The Morgan fingerprint density at radius 3 is 2.85 bits per heavy atom. The van der Waals surface area contributed by atoms with Crippen LogP contribution in [0, 0.1) is 0 Å². The predicted octanol–water partition coefficient (Wildman–Crippen LogP) is 1.10. The Balaban J connectivity index is 1.30. The van der Waals surface area contributed by atoms with Gasteiger partial charge >= 0.3 is 5.69 Å². The van der Waals surface area contributed by atoms with Crippen LogP contribution in [-0.2, 0) is 11.3 Å². The van der Waals surface area contributed by atoms with Crippen molar-refractivity contribution in [3.63, 3.8) is 0 Å². The summed E-state index contributed by atoms with van der Waals surface area (Å²) in [7, 11) is 0. The summed E-state index contributed by atoms with van der Waals surface area (Å²) < 4.78 is 17.8. The lowest BCUT2D eigenvalue weighted by molar-refractivity contribution is -0.134. The van der Waals surface area contributed by atoms with Gasteiger partial charge in [0.1, 0.15) is 11.6 Å². The second-order valence-corrected chi connectivity index (χ2v) is 6.59. The van der Waals surface area contributed by atoms with Gasteiger partial charge in [-0.1, -0.05) is 0 Å². The average molecular weight is 374 g/mol. The van der Waals surface area contributed by atoms with Crippen LogP contribution < -0.4 is 19.9 Å². The molecule has 2 aromatic rings. The molecule has 2 aliphatic rings. The first-order chi connectivity index (χ1) is 13.2. The molecule has 27 heavy (non-hydrogen) atoms. The van der Waals surface area contributed by atoms with E-state index < -0.39 is 0 Å². The maximum Gasteiger partial charge on any atom is 0.343 e. The number of H-pyrrole nitrogens is 1. The summed E-state index contributed by atoms with van der Waals surface area (Å²) in [5.41, 5.74) is -0.178. The first-order valence-electron chi connectivity index (χ1n) is 9.11. The summed E-state index contributed by atoms with van der Waals surface area (Å²) in [6.45, 7) is 3.94. The number of likely N-dealkylation sites (tertiary alicyclic amines) is 1. The summed E-state index contributed by atoms with van der Waals surface area (Å²) >= 11 is 0. The van der Waals surface area contributed by atoms with Crippen LogP contribution in [0.3, 0.4) is 0 Å². The number of fused-ring (bicyclic) bond motifs is 1. The van der Waals surface area contributed by atoms with Crippen LogP contribution in [0.25, 0.3) is 0 Å². The Hall–Kier alpha value is -2.97. The summed E-state index contributed by atoms with van der Waals surface area (Å²) in [5.74, 6) is 2.79. The maximum atomic E-state index is 12.4. The van der Waals surface area contributed by atoms with E-state index in [1.165, 1.54) is 0 Å². The molecule has 0 aliphatic carbocycles. The van der Waals surface area contributed by atoms with Crippen LogP contribution in [0.4, 0.5) is 0 Å². The minimum Gasteiger partial charge on any atom is -0.484 e. The molecule has 0 saturated carbocycles. The molecule has 1 amide bonds. The standard InChI is InChI=1S/C18H22N4O5/c1-2-22-17(19-20-18(22)24)12-5-7-21(8-6-12)16(23)10-25-13-3-4-14-15(9-13)27-11-26-14/h3-4,9,12H,2,5-8,10-11H2,1H3,(H,20,24). The normalized spacial score (nSPS) is 16.6. The number of nitrogens with one attached hydrogen (secondary N) is 1. The Labute approximate surface area is 155 Å². The van der Waals surface area contributed by atoms with Crippen LogP contribution >= 0.6 is 0 Å². The van der Waals surface area contributed by atoms with E-state index in [0.717, 1.165) is 18.7 Å². The molecule has 0 bridgehead atoms. The Morgan fingerprint density at radius 2 is 2.07 bits per heavy atom. The lowest BCUT2D eigenvalue weighted by atomic mass is 9.96. The number of piperidine rings is 1. The van der Waals surface area contributed by atoms with Gasteiger partial charge < -0.3 is 19.1 Å². The SMILES string of the molecule is CCn1c(C2CCN(C(=O)COc3ccc4c(c3)OCO4)CC2)n[nH]c1=O. The van der Waals surface area contributed by atoms with Crippen LogP contribution in [0.1, 0.15) is 31.5 Å². The highest BCUT2D eigenvalue weighted by atomic mass is 16.7. The van der Waals surface area contributed by atoms with Crippen LogP contribution in [0.5, 0.6) is 17.2 Å². The van der Waals surface area contributed by atoms with Crippen molar-refractivity contribution < 1.29 is 19.0 Å². The Bertz CT molecular complexity index is 882. The number of carbonyl (C=O) groups is 1. The summed E-state index contributed by atoms with van der Waals surface area (Å²) in [6, 6.07) is 5.25. The molecule has 144 valence electrons. The second kappa shape index (κ2) is 7.34. The molecule has 1 aromatic heterocycles. The molecule has 2 aliphatic heterocycles. The third kappa shape index (κ3) is 3.49. The molecular weight excluding hydrogens is 352 g/mol. The minimum absolute atomic E-state index is 0.0214. The lowest BCUT2D eigenvalue weighted by Crippen LogP contribution is -2.41. The number of aromatic amines is 1. The Morgan fingerprint density at radius 1 is 1.30 bits per heavy atom.